The standard InChI is InChI=1S/C17H22N2O2S/c1-12-4-5-15-14(11-12)16(18-22-15)17(21)19-8-2-3-13(6-9-19)7-10-20/h4-5,11,13,20H,2-3,6-10H2,1H3. The van der Waals surface area contributed by atoms with E-state index in [9.17, 15) is 4.79 Å². The summed E-state index contributed by atoms with van der Waals surface area (Å²) in [5, 5.41) is 10.1. The van der Waals surface area contributed by atoms with Crippen LogP contribution in [0.15, 0.2) is 18.2 Å². The highest BCUT2D eigenvalue weighted by Crippen LogP contribution is 2.27. The number of hydrogen-bond acceptors (Lipinski definition) is 4. The van der Waals surface area contributed by atoms with E-state index in [1.54, 1.807) is 0 Å². The maximum absolute atomic E-state index is 12.8. The molecule has 1 N–H and O–H groups in total. The van der Waals surface area contributed by atoms with Crippen molar-refractivity contribution < 1.29 is 9.90 Å². The molecule has 1 fully saturated rings. The van der Waals surface area contributed by atoms with Gasteiger partial charge >= 0.3 is 0 Å². The molecule has 5 heteroatoms. The van der Waals surface area contributed by atoms with Gasteiger partial charge in [-0.3, -0.25) is 4.79 Å². The average molecular weight is 318 g/mol. The Hall–Kier alpha value is -1.46. The Morgan fingerprint density at radius 2 is 2.27 bits per heavy atom. The van der Waals surface area contributed by atoms with Crippen LogP contribution in [0.5, 0.6) is 0 Å². The molecule has 0 aliphatic carbocycles. The number of aromatic nitrogens is 1. The van der Waals surface area contributed by atoms with Gasteiger partial charge < -0.3 is 10.0 Å². The van der Waals surface area contributed by atoms with Gasteiger partial charge in [0.25, 0.3) is 5.91 Å². The maximum atomic E-state index is 12.8. The van der Waals surface area contributed by atoms with Crippen molar-refractivity contribution in [1.29, 1.82) is 0 Å². The summed E-state index contributed by atoms with van der Waals surface area (Å²) in [6.45, 7) is 3.85. The molecule has 1 aliphatic rings. The first-order chi connectivity index (χ1) is 10.7. The van der Waals surface area contributed by atoms with E-state index in [1.165, 1.54) is 11.5 Å². The summed E-state index contributed by atoms with van der Waals surface area (Å²) in [6, 6.07) is 6.15. The number of rotatable bonds is 3. The lowest BCUT2D eigenvalue weighted by Gasteiger charge is -2.19. The van der Waals surface area contributed by atoms with Crippen LogP contribution in [0.2, 0.25) is 0 Å². The van der Waals surface area contributed by atoms with Gasteiger partial charge in [-0.1, -0.05) is 11.6 Å². The van der Waals surface area contributed by atoms with Crippen molar-refractivity contribution in [3.63, 3.8) is 0 Å². The highest BCUT2D eigenvalue weighted by atomic mass is 32.1. The van der Waals surface area contributed by atoms with Gasteiger partial charge in [0.2, 0.25) is 0 Å². The van der Waals surface area contributed by atoms with Crippen LogP contribution in [0.4, 0.5) is 0 Å². The Bertz CT molecular complexity index is 668. The smallest absolute Gasteiger partial charge is 0.274 e. The third kappa shape index (κ3) is 3.15. The first kappa shape index (κ1) is 15.4. The number of fused-ring (bicyclic) bond motifs is 1. The second kappa shape index (κ2) is 6.75. The molecule has 1 aromatic carbocycles. The second-order valence-electron chi connectivity index (χ2n) is 6.13. The van der Waals surface area contributed by atoms with Crippen LogP contribution >= 0.6 is 11.5 Å². The fourth-order valence-corrected chi connectivity index (χ4v) is 3.95. The number of aryl methyl sites for hydroxylation is 1. The normalized spacial score (nSPS) is 19.4. The molecule has 0 radical (unpaired) electrons. The van der Waals surface area contributed by atoms with E-state index >= 15 is 0 Å². The van der Waals surface area contributed by atoms with Crippen LogP contribution in [0.1, 0.15) is 41.7 Å². The number of hydrogen-bond donors (Lipinski definition) is 1. The molecule has 1 atom stereocenters. The van der Waals surface area contributed by atoms with Crippen LogP contribution in [0.3, 0.4) is 0 Å². The third-order valence-electron chi connectivity index (χ3n) is 4.50. The van der Waals surface area contributed by atoms with Crippen molar-refractivity contribution in [2.75, 3.05) is 19.7 Å². The minimum Gasteiger partial charge on any atom is -0.396 e. The molecule has 1 unspecified atom stereocenters. The van der Waals surface area contributed by atoms with Crippen molar-refractivity contribution >= 4 is 27.5 Å². The zero-order valence-corrected chi connectivity index (χ0v) is 13.7. The summed E-state index contributed by atoms with van der Waals surface area (Å²) in [4.78, 5) is 14.8. The Balaban J connectivity index is 1.79. The molecular weight excluding hydrogens is 296 g/mol. The molecule has 22 heavy (non-hydrogen) atoms. The summed E-state index contributed by atoms with van der Waals surface area (Å²) in [5.74, 6) is 0.596. The summed E-state index contributed by atoms with van der Waals surface area (Å²) >= 11 is 1.40. The minimum atomic E-state index is 0.0569. The summed E-state index contributed by atoms with van der Waals surface area (Å²) in [7, 11) is 0. The lowest BCUT2D eigenvalue weighted by molar-refractivity contribution is 0.0757. The van der Waals surface area contributed by atoms with Crippen molar-refractivity contribution in [2.45, 2.75) is 32.6 Å². The highest BCUT2D eigenvalue weighted by molar-refractivity contribution is 7.13. The van der Waals surface area contributed by atoms with Crippen molar-refractivity contribution in [1.82, 2.24) is 9.27 Å². The Kier molecular flexibility index (Phi) is 4.74. The van der Waals surface area contributed by atoms with Crippen molar-refractivity contribution in [2.24, 2.45) is 5.92 Å². The fourth-order valence-electron chi connectivity index (χ4n) is 3.20. The molecule has 118 valence electrons. The van der Waals surface area contributed by atoms with E-state index in [-0.39, 0.29) is 12.5 Å². The predicted octanol–water partition coefficient (Wildman–Crippen LogP) is 3.23. The molecule has 2 aromatic rings. The minimum absolute atomic E-state index is 0.0569. The molecule has 2 heterocycles. The largest absolute Gasteiger partial charge is 0.396 e. The molecule has 3 rings (SSSR count). The zero-order chi connectivity index (χ0) is 15.5. The van der Waals surface area contributed by atoms with Crippen LogP contribution in [0, 0.1) is 12.8 Å². The Morgan fingerprint density at radius 1 is 1.41 bits per heavy atom. The lowest BCUT2D eigenvalue weighted by Crippen LogP contribution is -2.32. The van der Waals surface area contributed by atoms with E-state index in [0.717, 1.165) is 54.4 Å². The summed E-state index contributed by atoms with van der Waals surface area (Å²) in [6.07, 6.45) is 3.94. The predicted molar refractivity (Wildman–Crippen MR) is 89.3 cm³/mol. The quantitative estimate of drug-likeness (QED) is 0.945. The Morgan fingerprint density at radius 3 is 3.09 bits per heavy atom. The van der Waals surface area contributed by atoms with Gasteiger partial charge in [-0.15, -0.1) is 0 Å². The number of aliphatic hydroxyl groups excluding tert-OH is 1. The number of benzene rings is 1. The molecular formula is C17H22N2O2S. The second-order valence-corrected chi connectivity index (χ2v) is 6.94. The van der Waals surface area contributed by atoms with Gasteiger partial charge in [-0.25, -0.2) is 0 Å². The van der Waals surface area contributed by atoms with E-state index in [4.69, 9.17) is 5.11 Å². The summed E-state index contributed by atoms with van der Waals surface area (Å²) in [5.41, 5.74) is 1.75. The number of likely N-dealkylation sites (tertiary alicyclic amines) is 1. The SMILES string of the molecule is Cc1ccc2snc(C(=O)N3CCCC(CCO)CC3)c2c1. The molecule has 1 amide bonds. The van der Waals surface area contributed by atoms with Gasteiger partial charge in [0.1, 0.15) is 5.69 Å². The molecule has 0 saturated carbocycles. The van der Waals surface area contributed by atoms with Crippen LogP contribution < -0.4 is 0 Å². The van der Waals surface area contributed by atoms with Gasteiger partial charge in [-0.2, -0.15) is 4.37 Å². The topological polar surface area (TPSA) is 53.4 Å². The number of carbonyl (C=O) groups is 1. The number of carbonyl (C=O) groups excluding carboxylic acids is 1. The van der Waals surface area contributed by atoms with Crippen LogP contribution in [0.25, 0.3) is 10.1 Å². The molecule has 0 spiro atoms. The molecule has 1 aliphatic heterocycles. The fraction of sp³-hybridized carbons (Fsp3) is 0.529. The molecule has 0 bridgehead atoms. The van der Waals surface area contributed by atoms with Gasteiger partial charge in [-0.05, 0) is 62.2 Å². The van der Waals surface area contributed by atoms with Gasteiger partial charge in [0, 0.05) is 25.1 Å². The average Bonchev–Trinajstić information content (AvgIpc) is 2.77. The first-order valence-corrected chi connectivity index (χ1v) is 8.72. The molecule has 1 aromatic heterocycles. The van der Waals surface area contributed by atoms with E-state index < -0.39 is 0 Å². The van der Waals surface area contributed by atoms with E-state index in [1.807, 2.05) is 17.9 Å². The van der Waals surface area contributed by atoms with Crippen LogP contribution in [-0.2, 0) is 0 Å². The van der Waals surface area contributed by atoms with Gasteiger partial charge in [0.15, 0.2) is 0 Å². The number of nitrogens with zero attached hydrogens (tertiary/aromatic N) is 2. The number of aliphatic hydroxyl groups is 1. The molecule has 4 nitrogen and oxygen atoms in total. The first-order valence-electron chi connectivity index (χ1n) is 7.95. The van der Waals surface area contributed by atoms with Crippen molar-refractivity contribution in [3.05, 3.63) is 29.5 Å². The summed E-state index contributed by atoms with van der Waals surface area (Å²) < 4.78 is 5.48. The van der Waals surface area contributed by atoms with Crippen LogP contribution in [-0.4, -0.2) is 40.0 Å². The van der Waals surface area contributed by atoms with Gasteiger partial charge in [0.05, 0.1) is 4.70 Å². The monoisotopic (exact) mass is 318 g/mol. The number of amides is 1. The highest BCUT2D eigenvalue weighted by Gasteiger charge is 2.24. The Labute approximate surface area is 134 Å². The van der Waals surface area contributed by atoms with E-state index in [2.05, 4.69) is 16.5 Å². The van der Waals surface area contributed by atoms with E-state index in [0.29, 0.717) is 11.6 Å². The maximum Gasteiger partial charge on any atom is 0.274 e. The molecule has 1 saturated heterocycles. The van der Waals surface area contributed by atoms with Crippen molar-refractivity contribution in [3.8, 4) is 0 Å². The lowest BCUT2D eigenvalue weighted by atomic mass is 9.98. The zero-order valence-electron chi connectivity index (χ0n) is 12.9. The third-order valence-corrected chi connectivity index (χ3v) is 5.33.